The summed E-state index contributed by atoms with van der Waals surface area (Å²) in [5, 5.41) is 4.75. The molecular formula is C16H17F2N3O3. The van der Waals surface area contributed by atoms with Crippen LogP contribution in [-0.2, 0) is 9.59 Å². The number of halogens is 2. The van der Waals surface area contributed by atoms with Crippen molar-refractivity contribution in [3.8, 4) is 0 Å². The predicted molar refractivity (Wildman–Crippen MR) is 81.0 cm³/mol. The minimum Gasteiger partial charge on any atom is -0.323 e. The zero-order chi connectivity index (χ0) is 17.3. The van der Waals surface area contributed by atoms with Crippen molar-refractivity contribution in [2.24, 2.45) is 0 Å². The Hall–Kier alpha value is -2.51. The number of para-hydroxylation sites is 1. The van der Waals surface area contributed by atoms with Crippen LogP contribution in [0.3, 0.4) is 0 Å². The first-order chi connectivity index (χ1) is 11.4. The normalized spacial score (nSPS) is 19.5. The molecule has 2 N–H and O–H groups in total. The van der Waals surface area contributed by atoms with E-state index in [4.69, 9.17) is 0 Å². The molecule has 128 valence electrons. The molecule has 0 atom stereocenters. The molecule has 2 fully saturated rings. The maximum atomic E-state index is 13.5. The van der Waals surface area contributed by atoms with Crippen LogP contribution in [-0.4, -0.2) is 34.8 Å². The third-order valence-electron chi connectivity index (χ3n) is 4.48. The van der Waals surface area contributed by atoms with Gasteiger partial charge in [-0.25, -0.2) is 13.6 Å². The summed E-state index contributed by atoms with van der Waals surface area (Å²) in [4.78, 5) is 37.4. The fourth-order valence-corrected chi connectivity index (χ4v) is 3.25. The highest BCUT2D eigenvalue weighted by Crippen LogP contribution is 2.33. The summed E-state index contributed by atoms with van der Waals surface area (Å²) in [6.45, 7) is -0.583. The van der Waals surface area contributed by atoms with Crippen LogP contribution in [0.5, 0.6) is 0 Å². The lowest BCUT2D eigenvalue weighted by molar-refractivity contribution is -0.134. The van der Waals surface area contributed by atoms with E-state index in [1.165, 1.54) is 6.07 Å². The second kappa shape index (κ2) is 6.18. The first-order valence-corrected chi connectivity index (χ1v) is 7.81. The number of imide groups is 1. The standard InChI is InChI=1S/C16H17F2N3O3/c17-10-5-4-6-11(18)13(10)19-12(22)9-21-14(23)16(20-15(21)24)7-2-1-3-8-16/h4-6H,1-3,7-9H2,(H,19,22)(H,20,24). The van der Waals surface area contributed by atoms with Gasteiger partial charge in [-0.1, -0.05) is 25.3 Å². The van der Waals surface area contributed by atoms with E-state index in [1.54, 1.807) is 0 Å². The van der Waals surface area contributed by atoms with E-state index in [1.807, 2.05) is 0 Å². The predicted octanol–water partition coefficient (Wildman–Crippen LogP) is 2.16. The smallest absolute Gasteiger partial charge is 0.323 e. The van der Waals surface area contributed by atoms with Gasteiger partial charge in [-0.15, -0.1) is 0 Å². The van der Waals surface area contributed by atoms with Gasteiger partial charge in [0.25, 0.3) is 5.91 Å². The van der Waals surface area contributed by atoms with Crippen molar-refractivity contribution < 1.29 is 23.2 Å². The quantitative estimate of drug-likeness (QED) is 0.830. The average molecular weight is 337 g/mol. The lowest BCUT2D eigenvalue weighted by atomic mass is 9.82. The Morgan fingerprint density at radius 3 is 2.42 bits per heavy atom. The highest BCUT2D eigenvalue weighted by atomic mass is 19.1. The van der Waals surface area contributed by atoms with Crippen LogP contribution < -0.4 is 10.6 Å². The first-order valence-electron chi connectivity index (χ1n) is 7.81. The molecule has 1 saturated heterocycles. The Balaban J connectivity index is 1.70. The van der Waals surface area contributed by atoms with E-state index < -0.39 is 47.3 Å². The molecule has 0 unspecified atom stereocenters. The summed E-state index contributed by atoms with van der Waals surface area (Å²) in [6, 6.07) is 2.53. The molecule has 1 aromatic carbocycles. The topological polar surface area (TPSA) is 78.5 Å². The monoisotopic (exact) mass is 337 g/mol. The third-order valence-corrected chi connectivity index (χ3v) is 4.48. The molecule has 0 radical (unpaired) electrons. The molecule has 1 heterocycles. The van der Waals surface area contributed by atoms with E-state index in [0.29, 0.717) is 12.8 Å². The molecule has 2 aliphatic rings. The van der Waals surface area contributed by atoms with Gasteiger partial charge in [-0.3, -0.25) is 14.5 Å². The lowest BCUT2D eigenvalue weighted by Gasteiger charge is -2.30. The van der Waals surface area contributed by atoms with Gasteiger partial charge in [0.2, 0.25) is 5.91 Å². The minimum atomic E-state index is -0.932. The molecule has 1 saturated carbocycles. The SMILES string of the molecule is O=C(CN1C(=O)NC2(CCCCC2)C1=O)Nc1c(F)cccc1F. The molecule has 1 aliphatic carbocycles. The maximum absolute atomic E-state index is 13.5. The molecule has 0 bridgehead atoms. The van der Waals surface area contributed by atoms with Crippen molar-refractivity contribution in [1.29, 1.82) is 0 Å². The molecule has 1 aliphatic heterocycles. The van der Waals surface area contributed by atoms with E-state index in [-0.39, 0.29) is 0 Å². The summed E-state index contributed by atoms with van der Waals surface area (Å²) in [6.07, 6.45) is 3.73. The Kier molecular flexibility index (Phi) is 4.21. The number of nitrogens with one attached hydrogen (secondary N) is 2. The van der Waals surface area contributed by atoms with Gasteiger partial charge in [0.05, 0.1) is 0 Å². The fraction of sp³-hybridized carbons (Fsp3) is 0.438. The summed E-state index contributed by atoms with van der Waals surface area (Å²) >= 11 is 0. The summed E-state index contributed by atoms with van der Waals surface area (Å²) < 4.78 is 27.1. The summed E-state index contributed by atoms with van der Waals surface area (Å²) in [5.41, 5.74) is -1.53. The highest BCUT2D eigenvalue weighted by Gasteiger charge is 2.51. The molecule has 6 nitrogen and oxygen atoms in total. The zero-order valence-corrected chi connectivity index (χ0v) is 12.9. The summed E-state index contributed by atoms with van der Waals surface area (Å²) in [7, 11) is 0. The van der Waals surface area contributed by atoms with E-state index >= 15 is 0 Å². The van der Waals surface area contributed by atoms with Crippen LogP contribution in [0.15, 0.2) is 18.2 Å². The summed E-state index contributed by atoms with van der Waals surface area (Å²) in [5.74, 6) is -3.14. The number of benzene rings is 1. The van der Waals surface area contributed by atoms with Gasteiger partial charge in [-0.05, 0) is 25.0 Å². The lowest BCUT2D eigenvalue weighted by Crippen LogP contribution is -2.48. The minimum absolute atomic E-state index is 0.448. The molecule has 8 heteroatoms. The maximum Gasteiger partial charge on any atom is 0.325 e. The van der Waals surface area contributed by atoms with Crippen molar-refractivity contribution in [2.75, 3.05) is 11.9 Å². The van der Waals surface area contributed by atoms with E-state index in [2.05, 4.69) is 10.6 Å². The van der Waals surface area contributed by atoms with Crippen LogP contribution in [0, 0.1) is 11.6 Å². The largest absolute Gasteiger partial charge is 0.325 e. The highest BCUT2D eigenvalue weighted by molar-refractivity contribution is 6.10. The Morgan fingerprint density at radius 1 is 1.17 bits per heavy atom. The van der Waals surface area contributed by atoms with Crippen LogP contribution >= 0.6 is 0 Å². The first kappa shape index (κ1) is 16.4. The molecule has 3 rings (SSSR count). The van der Waals surface area contributed by atoms with Gasteiger partial charge >= 0.3 is 6.03 Å². The number of rotatable bonds is 3. The Labute approximate surface area is 137 Å². The molecule has 1 spiro atoms. The Morgan fingerprint density at radius 2 is 1.79 bits per heavy atom. The second-order valence-electron chi connectivity index (χ2n) is 6.11. The van der Waals surface area contributed by atoms with Gasteiger partial charge in [-0.2, -0.15) is 0 Å². The average Bonchev–Trinajstić information content (AvgIpc) is 2.76. The number of amides is 4. The number of hydrogen-bond acceptors (Lipinski definition) is 3. The Bertz CT molecular complexity index is 682. The number of hydrogen-bond donors (Lipinski definition) is 2. The van der Waals surface area contributed by atoms with Gasteiger partial charge in [0, 0.05) is 0 Å². The number of carbonyl (C=O) groups is 3. The van der Waals surface area contributed by atoms with Crippen molar-refractivity contribution >= 4 is 23.5 Å². The molecule has 0 aromatic heterocycles. The zero-order valence-electron chi connectivity index (χ0n) is 12.9. The van der Waals surface area contributed by atoms with Gasteiger partial charge in [0.15, 0.2) is 0 Å². The number of carbonyl (C=O) groups excluding carboxylic acids is 3. The molecule has 4 amide bonds. The van der Waals surface area contributed by atoms with Crippen molar-refractivity contribution in [3.63, 3.8) is 0 Å². The van der Waals surface area contributed by atoms with E-state index in [0.717, 1.165) is 36.3 Å². The number of nitrogens with zero attached hydrogens (tertiary/aromatic N) is 1. The van der Waals surface area contributed by atoms with Gasteiger partial charge < -0.3 is 10.6 Å². The fourth-order valence-electron chi connectivity index (χ4n) is 3.25. The van der Waals surface area contributed by atoms with E-state index in [9.17, 15) is 23.2 Å². The van der Waals surface area contributed by atoms with Crippen LogP contribution in [0.4, 0.5) is 19.3 Å². The number of anilines is 1. The van der Waals surface area contributed by atoms with Crippen molar-refractivity contribution in [3.05, 3.63) is 29.8 Å². The van der Waals surface area contributed by atoms with Crippen molar-refractivity contribution in [1.82, 2.24) is 10.2 Å². The van der Waals surface area contributed by atoms with Crippen molar-refractivity contribution in [2.45, 2.75) is 37.6 Å². The van der Waals surface area contributed by atoms with Crippen LogP contribution in [0.25, 0.3) is 0 Å². The molecule has 24 heavy (non-hydrogen) atoms. The third kappa shape index (κ3) is 2.83. The molecule has 1 aromatic rings. The van der Waals surface area contributed by atoms with Crippen LogP contribution in [0.2, 0.25) is 0 Å². The second-order valence-corrected chi connectivity index (χ2v) is 6.11. The molecular weight excluding hydrogens is 320 g/mol. The van der Waals surface area contributed by atoms with Gasteiger partial charge in [0.1, 0.15) is 29.4 Å². The number of urea groups is 1. The van der Waals surface area contributed by atoms with Crippen LogP contribution in [0.1, 0.15) is 32.1 Å².